The molecule has 1 aliphatic heterocycles. The fourth-order valence-corrected chi connectivity index (χ4v) is 2.55. The van der Waals surface area contributed by atoms with Crippen LogP contribution in [0.4, 0.5) is 0 Å². The number of benzene rings is 1. The number of oxime groups is 1. The van der Waals surface area contributed by atoms with Gasteiger partial charge in [0.05, 0.1) is 12.1 Å². The third-order valence-electron chi connectivity index (χ3n) is 3.45. The summed E-state index contributed by atoms with van der Waals surface area (Å²) < 4.78 is 1.01. The number of carbonyl (C=O) groups is 1. The molecular weight excluding hydrogens is 308 g/mol. The van der Waals surface area contributed by atoms with E-state index >= 15 is 0 Å². The Labute approximate surface area is 121 Å². The quantitative estimate of drug-likeness (QED) is 0.671. The Balaban J connectivity index is 1.96. The van der Waals surface area contributed by atoms with Crippen LogP contribution in [0, 0.1) is 5.92 Å². The summed E-state index contributed by atoms with van der Waals surface area (Å²) in [6, 6.07) is 7.79. The molecule has 5 heteroatoms. The Morgan fingerprint density at radius 3 is 2.74 bits per heavy atom. The fraction of sp³-hybridized carbons (Fsp3) is 0.429. The van der Waals surface area contributed by atoms with Gasteiger partial charge in [0.2, 0.25) is 5.91 Å². The van der Waals surface area contributed by atoms with Crippen LogP contribution in [0.1, 0.15) is 18.9 Å². The summed E-state index contributed by atoms with van der Waals surface area (Å²) in [5.74, 6) is 0.263. The maximum atomic E-state index is 12.2. The minimum atomic E-state index is 0.131. The van der Waals surface area contributed by atoms with Gasteiger partial charge < -0.3 is 10.1 Å². The van der Waals surface area contributed by atoms with Gasteiger partial charge in [0.1, 0.15) is 0 Å². The lowest BCUT2D eigenvalue weighted by Gasteiger charge is -2.31. The van der Waals surface area contributed by atoms with E-state index in [9.17, 15) is 4.79 Å². The molecule has 0 radical (unpaired) electrons. The zero-order chi connectivity index (χ0) is 13.8. The van der Waals surface area contributed by atoms with Crippen molar-refractivity contribution < 1.29 is 10.0 Å². The minimum absolute atomic E-state index is 0.131. The van der Waals surface area contributed by atoms with Crippen LogP contribution in [0.25, 0.3) is 0 Å². The second-order valence-corrected chi connectivity index (χ2v) is 5.80. The van der Waals surface area contributed by atoms with Crippen LogP contribution < -0.4 is 0 Å². The van der Waals surface area contributed by atoms with Crippen molar-refractivity contribution >= 4 is 27.5 Å². The Morgan fingerprint density at radius 2 is 2.16 bits per heavy atom. The maximum Gasteiger partial charge on any atom is 0.227 e. The predicted molar refractivity (Wildman–Crippen MR) is 77.4 cm³/mol. The van der Waals surface area contributed by atoms with Gasteiger partial charge in [-0.15, -0.1) is 0 Å². The van der Waals surface area contributed by atoms with E-state index < -0.39 is 0 Å². The van der Waals surface area contributed by atoms with Crippen molar-refractivity contribution in [2.45, 2.75) is 19.8 Å². The van der Waals surface area contributed by atoms with E-state index in [1.165, 1.54) is 0 Å². The summed E-state index contributed by atoms with van der Waals surface area (Å²) in [4.78, 5) is 14.1. The van der Waals surface area contributed by atoms with Crippen molar-refractivity contribution in [2.24, 2.45) is 11.1 Å². The van der Waals surface area contributed by atoms with E-state index in [-0.39, 0.29) is 11.8 Å². The largest absolute Gasteiger partial charge is 0.411 e. The molecule has 1 atom stereocenters. The summed E-state index contributed by atoms with van der Waals surface area (Å²) in [5, 5.41) is 12.1. The highest BCUT2D eigenvalue weighted by molar-refractivity contribution is 9.10. The van der Waals surface area contributed by atoms with Crippen LogP contribution >= 0.6 is 15.9 Å². The molecule has 0 saturated carbocycles. The van der Waals surface area contributed by atoms with Gasteiger partial charge in [0, 0.05) is 29.9 Å². The second-order valence-electron chi connectivity index (χ2n) is 4.89. The van der Waals surface area contributed by atoms with Crippen LogP contribution in [0.5, 0.6) is 0 Å². The van der Waals surface area contributed by atoms with E-state index in [0.29, 0.717) is 25.9 Å². The summed E-state index contributed by atoms with van der Waals surface area (Å²) in [5.41, 5.74) is 1.80. The summed E-state index contributed by atoms with van der Waals surface area (Å²) >= 11 is 3.38. The molecule has 1 heterocycles. The maximum absolute atomic E-state index is 12.2. The number of likely N-dealkylation sites (tertiary alicyclic amines) is 1. The molecule has 2 rings (SSSR count). The first kappa shape index (κ1) is 14.1. The van der Waals surface area contributed by atoms with E-state index in [4.69, 9.17) is 5.21 Å². The molecule has 102 valence electrons. The van der Waals surface area contributed by atoms with Gasteiger partial charge in [0.25, 0.3) is 0 Å². The standard InChI is InChI=1S/C14H17BrN2O2/c1-10-9-17(7-6-13(10)16-19)14(18)8-11-2-4-12(15)5-3-11/h2-5,10,19H,6-9H2,1H3/b16-13+. The lowest BCUT2D eigenvalue weighted by molar-refractivity contribution is -0.131. The molecule has 1 unspecified atom stereocenters. The minimum Gasteiger partial charge on any atom is -0.411 e. The first-order chi connectivity index (χ1) is 9.10. The van der Waals surface area contributed by atoms with Crippen LogP contribution in [0.2, 0.25) is 0 Å². The highest BCUT2D eigenvalue weighted by Crippen LogP contribution is 2.16. The predicted octanol–water partition coefficient (Wildman–Crippen LogP) is 2.69. The third kappa shape index (κ3) is 3.56. The lowest BCUT2D eigenvalue weighted by Crippen LogP contribution is -2.43. The molecule has 0 bridgehead atoms. The Bertz CT molecular complexity index is 485. The summed E-state index contributed by atoms with van der Waals surface area (Å²) in [7, 11) is 0. The molecule has 0 aromatic heterocycles. The fourth-order valence-electron chi connectivity index (χ4n) is 2.29. The lowest BCUT2D eigenvalue weighted by atomic mass is 9.97. The van der Waals surface area contributed by atoms with Gasteiger partial charge in [-0.2, -0.15) is 0 Å². The van der Waals surface area contributed by atoms with Gasteiger partial charge >= 0.3 is 0 Å². The highest BCUT2D eigenvalue weighted by Gasteiger charge is 2.25. The Hall–Kier alpha value is -1.36. The number of piperidine rings is 1. The third-order valence-corrected chi connectivity index (χ3v) is 3.98. The Kier molecular flexibility index (Phi) is 4.58. The zero-order valence-electron chi connectivity index (χ0n) is 10.8. The highest BCUT2D eigenvalue weighted by atomic mass is 79.9. The van der Waals surface area contributed by atoms with Crippen molar-refractivity contribution in [3.63, 3.8) is 0 Å². The van der Waals surface area contributed by atoms with Crippen molar-refractivity contribution in [1.82, 2.24) is 4.90 Å². The van der Waals surface area contributed by atoms with E-state index in [1.54, 1.807) is 0 Å². The molecule has 1 aliphatic rings. The molecule has 1 N–H and O–H groups in total. The average molecular weight is 325 g/mol. The van der Waals surface area contributed by atoms with Crippen LogP contribution in [-0.4, -0.2) is 34.8 Å². The number of hydrogen-bond donors (Lipinski definition) is 1. The Morgan fingerprint density at radius 1 is 1.47 bits per heavy atom. The molecule has 0 aliphatic carbocycles. The SMILES string of the molecule is CC1CN(C(=O)Cc2ccc(Br)cc2)CC/C1=N\O. The molecule has 1 amide bonds. The zero-order valence-corrected chi connectivity index (χ0v) is 12.4. The number of hydrogen-bond acceptors (Lipinski definition) is 3. The van der Waals surface area contributed by atoms with E-state index in [2.05, 4.69) is 21.1 Å². The second kappa shape index (κ2) is 6.19. The summed E-state index contributed by atoms with van der Waals surface area (Å²) in [6.45, 7) is 3.25. The number of nitrogens with zero attached hydrogens (tertiary/aromatic N) is 2. The molecule has 19 heavy (non-hydrogen) atoms. The molecular formula is C14H17BrN2O2. The number of carbonyl (C=O) groups excluding carboxylic acids is 1. The van der Waals surface area contributed by atoms with Crippen molar-refractivity contribution in [3.05, 3.63) is 34.3 Å². The monoisotopic (exact) mass is 324 g/mol. The molecule has 0 spiro atoms. The van der Waals surface area contributed by atoms with Crippen LogP contribution in [0.3, 0.4) is 0 Å². The van der Waals surface area contributed by atoms with Crippen molar-refractivity contribution in [3.8, 4) is 0 Å². The number of rotatable bonds is 2. The summed E-state index contributed by atoms with van der Waals surface area (Å²) in [6.07, 6.45) is 1.08. The first-order valence-electron chi connectivity index (χ1n) is 6.33. The molecule has 1 fully saturated rings. The van der Waals surface area contributed by atoms with Crippen molar-refractivity contribution in [2.75, 3.05) is 13.1 Å². The van der Waals surface area contributed by atoms with Gasteiger partial charge in [-0.05, 0) is 17.7 Å². The molecule has 1 aromatic rings. The smallest absolute Gasteiger partial charge is 0.227 e. The van der Waals surface area contributed by atoms with Gasteiger partial charge in [0.15, 0.2) is 0 Å². The van der Waals surface area contributed by atoms with Gasteiger partial charge in [-0.25, -0.2) is 0 Å². The van der Waals surface area contributed by atoms with E-state index in [1.807, 2.05) is 36.1 Å². The van der Waals surface area contributed by atoms with Gasteiger partial charge in [-0.3, -0.25) is 4.79 Å². The van der Waals surface area contributed by atoms with Gasteiger partial charge in [-0.1, -0.05) is 40.1 Å². The normalized spacial score (nSPS) is 21.7. The molecule has 1 saturated heterocycles. The number of amides is 1. The first-order valence-corrected chi connectivity index (χ1v) is 7.12. The number of halogens is 1. The van der Waals surface area contributed by atoms with Crippen LogP contribution in [-0.2, 0) is 11.2 Å². The molecule has 1 aromatic carbocycles. The van der Waals surface area contributed by atoms with Crippen LogP contribution in [0.15, 0.2) is 33.9 Å². The van der Waals surface area contributed by atoms with Crippen molar-refractivity contribution in [1.29, 1.82) is 0 Å². The van der Waals surface area contributed by atoms with E-state index in [0.717, 1.165) is 15.7 Å². The topological polar surface area (TPSA) is 52.9 Å². The molecule has 4 nitrogen and oxygen atoms in total. The average Bonchev–Trinajstić information content (AvgIpc) is 2.41.